The fourth-order valence-corrected chi connectivity index (χ4v) is 4.09. The molecule has 0 aliphatic carbocycles. The van der Waals surface area contributed by atoms with E-state index in [0.717, 1.165) is 33.5 Å². The number of fused-ring (bicyclic) bond motifs is 1. The van der Waals surface area contributed by atoms with E-state index in [4.69, 9.17) is 0 Å². The molecule has 3 aromatic carbocycles. The van der Waals surface area contributed by atoms with Gasteiger partial charge in [0.1, 0.15) is 11.9 Å². The zero-order valence-corrected chi connectivity index (χ0v) is 15.7. The Morgan fingerprint density at radius 3 is 2.26 bits per heavy atom. The number of benzene rings is 3. The summed E-state index contributed by atoms with van der Waals surface area (Å²) in [5, 5.41) is 4.74. The highest BCUT2D eigenvalue weighted by Gasteiger charge is 2.29. The zero-order valence-electron chi connectivity index (χ0n) is 14.9. The first-order valence-electron chi connectivity index (χ1n) is 8.30. The predicted molar refractivity (Wildman–Crippen MR) is 106 cm³/mol. The van der Waals surface area contributed by atoms with Crippen LogP contribution in [0.5, 0.6) is 0 Å². The number of rotatable bonds is 5. The van der Waals surface area contributed by atoms with Crippen molar-refractivity contribution in [2.24, 2.45) is 0 Å². The largest absolute Gasteiger partial charge is 0.324 e. The van der Waals surface area contributed by atoms with Gasteiger partial charge in [-0.25, -0.2) is 12.8 Å². The summed E-state index contributed by atoms with van der Waals surface area (Å²) >= 11 is 0. The lowest BCUT2D eigenvalue weighted by molar-refractivity contribution is -0.116. The summed E-state index contributed by atoms with van der Waals surface area (Å²) in [7, 11) is -3.75. The quantitative estimate of drug-likeness (QED) is 0.726. The second-order valence-corrected chi connectivity index (χ2v) is 8.12. The molecule has 5 nitrogen and oxygen atoms in total. The maximum absolute atomic E-state index is 13.2. The minimum atomic E-state index is -3.75. The van der Waals surface area contributed by atoms with E-state index in [-0.39, 0.29) is 5.69 Å². The van der Waals surface area contributed by atoms with Crippen molar-refractivity contribution < 1.29 is 17.6 Å². The maximum atomic E-state index is 13.2. The zero-order chi connectivity index (χ0) is 19.6. The van der Waals surface area contributed by atoms with Crippen molar-refractivity contribution in [2.75, 3.05) is 15.9 Å². The number of hydrogen-bond donors (Lipinski definition) is 1. The molecular formula is C20H19FN2O3S. The molecule has 1 N–H and O–H groups in total. The van der Waals surface area contributed by atoms with Crippen LogP contribution in [0.4, 0.5) is 15.8 Å². The molecule has 0 bridgehead atoms. The number of carbonyl (C=O) groups excluding carboxylic acids is 1. The molecule has 0 aliphatic rings. The van der Waals surface area contributed by atoms with Crippen molar-refractivity contribution in [2.45, 2.75) is 13.0 Å². The molecule has 0 heterocycles. The van der Waals surface area contributed by atoms with E-state index in [0.29, 0.717) is 5.69 Å². The molecule has 0 aliphatic heterocycles. The Hall–Kier alpha value is -2.93. The Labute approximate surface area is 157 Å². The summed E-state index contributed by atoms with van der Waals surface area (Å²) in [6, 6.07) is 17.1. The van der Waals surface area contributed by atoms with Crippen LogP contribution in [0.3, 0.4) is 0 Å². The van der Waals surface area contributed by atoms with Crippen LogP contribution in [0.2, 0.25) is 0 Å². The molecule has 0 saturated carbocycles. The third kappa shape index (κ3) is 4.25. The van der Waals surface area contributed by atoms with Gasteiger partial charge < -0.3 is 5.32 Å². The second kappa shape index (κ2) is 7.36. The number of anilines is 2. The summed E-state index contributed by atoms with van der Waals surface area (Å²) in [5.74, 6) is -0.972. The Kier molecular flexibility index (Phi) is 5.14. The molecule has 1 amide bonds. The van der Waals surface area contributed by atoms with E-state index >= 15 is 0 Å². The van der Waals surface area contributed by atoms with E-state index in [2.05, 4.69) is 5.32 Å². The fraction of sp³-hybridized carbons (Fsp3) is 0.150. The van der Waals surface area contributed by atoms with Crippen LogP contribution >= 0.6 is 0 Å². The summed E-state index contributed by atoms with van der Waals surface area (Å²) in [4.78, 5) is 12.7. The first-order valence-corrected chi connectivity index (χ1v) is 10.2. The van der Waals surface area contributed by atoms with Crippen LogP contribution in [0.1, 0.15) is 6.92 Å². The summed E-state index contributed by atoms with van der Waals surface area (Å²) < 4.78 is 38.6. The van der Waals surface area contributed by atoms with Crippen LogP contribution in [-0.2, 0) is 14.8 Å². The maximum Gasteiger partial charge on any atom is 0.247 e. The standard InChI is InChI=1S/C20H19FN2O3S/c1-14(23(27(2,25)26)19-11-8-17(21)9-12-19)20(24)22-18-10-7-15-5-3-4-6-16(15)13-18/h3-14H,1-2H3,(H,22,24)/t14-/m1/s1. The van der Waals surface area contributed by atoms with E-state index in [1.165, 1.54) is 19.1 Å². The molecule has 0 spiro atoms. The van der Waals surface area contributed by atoms with Gasteiger partial charge in [-0.05, 0) is 54.1 Å². The lowest BCUT2D eigenvalue weighted by atomic mass is 10.1. The van der Waals surface area contributed by atoms with Crippen molar-refractivity contribution in [3.8, 4) is 0 Å². The van der Waals surface area contributed by atoms with E-state index in [1.54, 1.807) is 6.07 Å². The predicted octanol–water partition coefficient (Wildman–Crippen LogP) is 3.77. The Morgan fingerprint density at radius 2 is 1.63 bits per heavy atom. The van der Waals surface area contributed by atoms with Gasteiger partial charge >= 0.3 is 0 Å². The monoisotopic (exact) mass is 386 g/mol. The molecule has 3 aromatic rings. The number of hydrogen-bond acceptors (Lipinski definition) is 3. The number of carbonyl (C=O) groups is 1. The van der Waals surface area contributed by atoms with Gasteiger partial charge in [-0.1, -0.05) is 30.3 Å². The molecule has 140 valence electrons. The fourth-order valence-electron chi connectivity index (χ4n) is 2.91. The minimum Gasteiger partial charge on any atom is -0.324 e. The third-order valence-electron chi connectivity index (χ3n) is 4.19. The molecule has 3 rings (SSSR count). The van der Waals surface area contributed by atoms with Crippen molar-refractivity contribution in [1.82, 2.24) is 0 Å². The highest BCUT2D eigenvalue weighted by Crippen LogP contribution is 2.23. The van der Waals surface area contributed by atoms with Crippen LogP contribution in [-0.4, -0.2) is 26.6 Å². The number of amides is 1. The van der Waals surface area contributed by atoms with Gasteiger partial charge in [-0.15, -0.1) is 0 Å². The van der Waals surface area contributed by atoms with Crippen LogP contribution in [0.25, 0.3) is 10.8 Å². The number of halogens is 1. The van der Waals surface area contributed by atoms with Crippen LogP contribution in [0.15, 0.2) is 66.7 Å². The van der Waals surface area contributed by atoms with E-state index < -0.39 is 27.8 Å². The van der Waals surface area contributed by atoms with Crippen molar-refractivity contribution in [1.29, 1.82) is 0 Å². The molecule has 7 heteroatoms. The SMILES string of the molecule is C[C@H](C(=O)Nc1ccc2ccccc2c1)N(c1ccc(F)cc1)S(C)(=O)=O. The molecule has 0 radical (unpaired) electrons. The summed E-state index contributed by atoms with van der Waals surface area (Å²) in [6.45, 7) is 1.49. The third-order valence-corrected chi connectivity index (χ3v) is 5.43. The number of sulfonamides is 1. The highest BCUT2D eigenvalue weighted by molar-refractivity contribution is 7.92. The Balaban J connectivity index is 1.87. The summed E-state index contributed by atoms with van der Waals surface area (Å²) in [6.07, 6.45) is 1.01. The van der Waals surface area contributed by atoms with Gasteiger partial charge in [0.2, 0.25) is 15.9 Å². The number of nitrogens with one attached hydrogen (secondary N) is 1. The second-order valence-electron chi connectivity index (χ2n) is 6.26. The lowest BCUT2D eigenvalue weighted by Crippen LogP contribution is -2.45. The summed E-state index contributed by atoms with van der Waals surface area (Å²) in [5.41, 5.74) is 0.790. The van der Waals surface area contributed by atoms with E-state index in [1.807, 2.05) is 36.4 Å². The molecular weight excluding hydrogens is 367 g/mol. The Morgan fingerprint density at radius 1 is 1.00 bits per heavy atom. The van der Waals surface area contributed by atoms with Crippen molar-refractivity contribution in [3.05, 3.63) is 72.5 Å². The molecule has 0 saturated heterocycles. The average Bonchev–Trinajstić information content (AvgIpc) is 2.62. The van der Waals surface area contributed by atoms with Gasteiger partial charge in [0.25, 0.3) is 0 Å². The molecule has 0 unspecified atom stereocenters. The van der Waals surface area contributed by atoms with Crippen LogP contribution in [0, 0.1) is 5.82 Å². The average molecular weight is 386 g/mol. The minimum absolute atomic E-state index is 0.222. The van der Waals surface area contributed by atoms with Crippen molar-refractivity contribution >= 4 is 38.1 Å². The smallest absolute Gasteiger partial charge is 0.247 e. The topological polar surface area (TPSA) is 66.5 Å². The first kappa shape index (κ1) is 18.8. The highest BCUT2D eigenvalue weighted by atomic mass is 32.2. The van der Waals surface area contributed by atoms with E-state index in [9.17, 15) is 17.6 Å². The van der Waals surface area contributed by atoms with Gasteiger partial charge in [-0.2, -0.15) is 0 Å². The number of nitrogens with zero attached hydrogens (tertiary/aromatic N) is 1. The van der Waals surface area contributed by atoms with Gasteiger partial charge in [0.15, 0.2) is 0 Å². The van der Waals surface area contributed by atoms with Gasteiger partial charge in [0.05, 0.1) is 11.9 Å². The normalized spacial score (nSPS) is 12.6. The Bertz CT molecular complexity index is 1080. The van der Waals surface area contributed by atoms with Gasteiger partial charge in [-0.3, -0.25) is 9.10 Å². The lowest BCUT2D eigenvalue weighted by Gasteiger charge is -2.28. The molecule has 1 atom stereocenters. The van der Waals surface area contributed by atoms with Crippen molar-refractivity contribution in [3.63, 3.8) is 0 Å². The molecule has 0 fully saturated rings. The van der Waals surface area contributed by atoms with Gasteiger partial charge in [0, 0.05) is 5.69 Å². The van der Waals surface area contributed by atoms with Crippen LogP contribution < -0.4 is 9.62 Å². The molecule has 0 aromatic heterocycles. The molecule has 27 heavy (non-hydrogen) atoms. The first-order chi connectivity index (χ1) is 12.8.